The van der Waals surface area contributed by atoms with E-state index in [0.717, 1.165) is 24.9 Å². The molecule has 1 aliphatic rings. The highest BCUT2D eigenvalue weighted by Crippen LogP contribution is 2.29. The number of rotatable bonds is 7. The molecule has 0 aromatic heterocycles. The van der Waals surface area contributed by atoms with E-state index in [-0.39, 0.29) is 30.0 Å². The van der Waals surface area contributed by atoms with E-state index in [9.17, 15) is 14.0 Å². The Morgan fingerprint density at radius 2 is 1.81 bits per heavy atom. The monoisotopic (exact) mass is 368 g/mol. The Morgan fingerprint density at radius 1 is 1.07 bits per heavy atom. The van der Waals surface area contributed by atoms with E-state index in [4.69, 9.17) is 0 Å². The summed E-state index contributed by atoms with van der Waals surface area (Å²) in [5, 5.41) is 2.88. The Bertz CT molecular complexity index is 779. The lowest BCUT2D eigenvalue weighted by Gasteiger charge is -2.26. The van der Waals surface area contributed by atoms with Crippen LogP contribution in [0.25, 0.3) is 0 Å². The second kappa shape index (κ2) is 9.31. The molecule has 1 fully saturated rings. The van der Waals surface area contributed by atoms with Gasteiger partial charge >= 0.3 is 0 Å². The van der Waals surface area contributed by atoms with Crippen molar-refractivity contribution in [2.24, 2.45) is 0 Å². The van der Waals surface area contributed by atoms with Crippen LogP contribution >= 0.6 is 0 Å². The second-order valence-corrected chi connectivity index (χ2v) is 6.88. The van der Waals surface area contributed by atoms with Crippen molar-refractivity contribution in [1.29, 1.82) is 0 Å². The van der Waals surface area contributed by atoms with Gasteiger partial charge in [0.25, 0.3) is 0 Å². The summed E-state index contributed by atoms with van der Waals surface area (Å²) in [5.74, 6) is -0.636. The summed E-state index contributed by atoms with van der Waals surface area (Å²) >= 11 is 0. The van der Waals surface area contributed by atoms with Gasteiger partial charge in [0.15, 0.2) is 0 Å². The zero-order chi connectivity index (χ0) is 19.1. The lowest BCUT2D eigenvalue weighted by molar-refractivity contribution is -0.133. The average Bonchev–Trinajstić information content (AvgIpc) is 2.69. The minimum atomic E-state index is -0.344. The van der Waals surface area contributed by atoms with Crippen LogP contribution in [0.2, 0.25) is 0 Å². The number of amides is 2. The molecule has 0 unspecified atom stereocenters. The second-order valence-electron chi connectivity index (χ2n) is 6.88. The predicted octanol–water partition coefficient (Wildman–Crippen LogP) is 3.48. The third-order valence-electron chi connectivity index (χ3n) is 5.00. The molecule has 1 aliphatic heterocycles. The molecule has 1 heterocycles. The first-order valence-corrected chi connectivity index (χ1v) is 9.49. The number of halogens is 1. The quantitative estimate of drug-likeness (QED) is 0.813. The molecular formula is C22H25FN2O2. The Kier molecular flexibility index (Phi) is 6.58. The predicted molar refractivity (Wildman–Crippen MR) is 103 cm³/mol. The minimum Gasteiger partial charge on any atom is -0.354 e. The third kappa shape index (κ3) is 5.16. The fourth-order valence-corrected chi connectivity index (χ4v) is 3.54. The minimum absolute atomic E-state index is 0.142. The lowest BCUT2D eigenvalue weighted by atomic mass is 9.88. The average molecular weight is 368 g/mol. The molecule has 142 valence electrons. The number of nitrogens with zero attached hydrogens (tertiary/aromatic N) is 1. The van der Waals surface area contributed by atoms with Crippen LogP contribution in [0.1, 0.15) is 42.7 Å². The van der Waals surface area contributed by atoms with E-state index in [1.54, 1.807) is 23.1 Å². The molecule has 0 saturated carbocycles. The number of likely N-dealkylation sites (tertiary alicyclic amines) is 1. The summed E-state index contributed by atoms with van der Waals surface area (Å²) in [6.07, 6.45) is 2.72. The van der Waals surface area contributed by atoms with Gasteiger partial charge in [0.1, 0.15) is 5.82 Å². The van der Waals surface area contributed by atoms with Gasteiger partial charge in [-0.3, -0.25) is 9.59 Å². The summed E-state index contributed by atoms with van der Waals surface area (Å²) in [5.41, 5.74) is 1.43. The number of carbonyl (C=O) groups is 2. The maximum atomic E-state index is 14.3. The fourth-order valence-electron chi connectivity index (χ4n) is 3.54. The molecule has 4 nitrogen and oxygen atoms in total. The Morgan fingerprint density at radius 3 is 2.56 bits per heavy atom. The first kappa shape index (κ1) is 19.1. The van der Waals surface area contributed by atoms with E-state index >= 15 is 0 Å². The Labute approximate surface area is 159 Å². The molecule has 1 atom stereocenters. The van der Waals surface area contributed by atoms with Crippen molar-refractivity contribution in [2.75, 3.05) is 19.6 Å². The standard InChI is InChI=1S/C22H25FN2O2/c23-20-11-5-4-10-18(20)19(17-8-2-1-3-9-17)16-21(26)24-13-15-25-14-7-6-12-22(25)27/h1-5,8-11,19H,6-7,12-16H2,(H,24,26)/t19-/m0/s1. The fraction of sp³-hybridized carbons (Fsp3) is 0.364. The van der Waals surface area contributed by atoms with Gasteiger partial charge in [-0.05, 0) is 30.0 Å². The Hall–Kier alpha value is -2.69. The topological polar surface area (TPSA) is 49.4 Å². The lowest BCUT2D eigenvalue weighted by Crippen LogP contribution is -2.41. The van der Waals surface area contributed by atoms with Crippen LogP contribution < -0.4 is 5.32 Å². The molecule has 0 radical (unpaired) electrons. The third-order valence-corrected chi connectivity index (χ3v) is 5.00. The summed E-state index contributed by atoms with van der Waals surface area (Å²) in [7, 11) is 0. The van der Waals surface area contributed by atoms with Crippen molar-refractivity contribution in [2.45, 2.75) is 31.6 Å². The van der Waals surface area contributed by atoms with E-state index in [2.05, 4.69) is 5.32 Å². The normalized spacial score (nSPS) is 15.4. The highest BCUT2D eigenvalue weighted by molar-refractivity contribution is 5.78. The van der Waals surface area contributed by atoms with E-state index in [1.165, 1.54) is 6.07 Å². The van der Waals surface area contributed by atoms with Gasteiger partial charge < -0.3 is 10.2 Å². The van der Waals surface area contributed by atoms with Gasteiger partial charge in [-0.1, -0.05) is 48.5 Å². The van der Waals surface area contributed by atoms with Gasteiger partial charge in [0, 0.05) is 38.4 Å². The maximum absolute atomic E-state index is 14.3. The summed E-state index contributed by atoms with van der Waals surface area (Å²) in [4.78, 5) is 26.1. The summed E-state index contributed by atoms with van der Waals surface area (Å²) in [6, 6.07) is 16.1. The molecule has 1 N–H and O–H groups in total. The van der Waals surface area contributed by atoms with Crippen molar-refractivity contribution in [3.8, 4) is 0 Å². The van der Waals surface area contributed by atoms with E-state index < -0.39 is 0 Å². The van der Waals surface area contributed by atoms with Crippen LogP contribution in [0, 0.1) is 5.82 Å². The van der Waals surface area contributed by atoms with E-state index in [1.807, 2.05) is 30.3 Å². The van der Waals surface area contributed by atoms with Crippen LogP contribution in [-0.4, -0.2) is 36.3 Å². The SMILES string of the molecule is O=C(C[C@@H](c1ccccc1)c1ccccc1F)NCCN1CCCCC1=O. The van der Waals surface area contributed by atoms with Crippen LogP contribution in [0.4, 0.5) is 4.39 Å². The zero-order valence-electron chi connectivity index (χ0n) is 15.4. The molecule has 0 aliphatic carbocycles. The largest absolute Gasteiger partial charge is 0.354 e. The van der Waals surface area contributed by atoms with Gasteiger partial charge in [0.2, 0.25) is 11.8 Å². The number of piperidine rings is 1. The number of hydrogen-bond acceptors (Lipinski definition) is 2. The number of nitrogens with one attached hydrogen (secondary N) is 1. The molecule has 2 amide bonds. The first-order chi connectivity index (χ1) is 13.1. The Balaban J connectivity index is 1.63. The molecule has 0 bridgehead atoms. The molecule has 3 rings (SSSR count). The van der Waals surface area contributed by atoms with Crippen LogP contribution in [0.5, 0.6) is 0 Å². The number of carbonyl (C=O) groups excluding carboxylic acids is 2. The van der Waals surface area contributed by atoms with Crippen molar-refractivity contribution in [1.82, 2.24) is 10.2 Å². The van der Waals surface area contributed by atoms with E-state index in [0.29, 0.717) is 25.1 Å². The molecule has 2 aromatic carbocycles. The molecule has 5 heteroatoms. The number of benzene rings is 2. The van der Waals surface area contributed by atoms with Crippen molar-refractivity contribution in [3.05, 3.63) is 71.5 Å². The highest BCUT2D eigenvalue weighted by atomic mass is 19.1. The number of hydrogen-bond donors (Lipinski definition) is 1. The molecule has 1 saturated heterocycles. The molecule has 27 heavy (non-hydrogen) atoms. The summed E-state index contributed by atoms with van der Waals surface area (Å²) in [6.45, 7) is 1.71. The molecule has 2 aromatic rings. The van der Waals surface area contributed by atoms with Crippen LogP contribution in [-0.2, 0) is 9.59 Å². The smallest absolute Gasteiger partial charge is 0.222 e. The van der Waals surface area contributed by atoms with Crippen LogP contribution in [0.15, 0.2) is 54.6 Å². The van der Waals surface area contributed by atoms with Gasteiger partial charge in [-0.2, -0.15) is 0 Å². The van der Waals surface area contributed by atoms with Gasteiger partial charge in [-0.15, -0.1) is 0 Å². The van der Waals surface area contributed by atoms with Crippen molar-refractivity contribution < 1.29 is 14.0 Å². The highest BCUT2D eigenvalue weighted by Gasteiger charge is 2.22. The maximum Gasteiger partial charge on any atom is 0.222 e. The molecule has 0 spiro atoms. The van der Waals surface area contributed by atoms with Gasteiger partial charge in [0.05, 0.1) is 0 Å². The van der Waals surface area contributed by atoms with Crippen LogP contribution in [0.3, 0.4) is 0 Å². The molecular weight excluding hydrogens is 343 g/mol. The van der Waals surface area contributed by atoms with Crippen molar-refractivity contribution >= 4 is 11.8 Å². The van der Waals surface area contributed by atoms with Gasteiger partial charge in [-0.25, -0.2) is 4.39 Å². The summed E-state index contributed by atoms with van der Waals surface area (Å²) < 4.78 is 14.3. The zero-order valence-corrected chi connectivity index (χ0v) is 15.4. The first-order valence-electron chi connectivity index (χ1n) is 9.49. The van der Waals surface area contributed by atoms with Crippen molar-refractivity contribution in [3.63, 3.8) is 0 Å².